The van der Waals surface area contributed by atoms with Gasteiger partial charge in [0.15, 0.2) is 4.96 Å². The Hall–Kier alpha value is -0.870. The van der Waals surface area contributed by atoms with Crippen molar-refractivity contribution in [2.45, 2.75) is 65.3 Å². The van der Waals surface area contributed by atoms with Crippen LogP contribution in [0.4, 0.5) is 0 Å². The number of fused-ring (bicyclic) bond motifs is 1. The molecule has 0 aromatic carbocycles. The van der Waals surface area contributed by atoms with Gasteiger partial charge in [0.2, 0.25) is 0 Å². The van der Waals surface area contributed by atoms with E-state index in [1.54, 1.807) is 11.3 Å². The molecule has 0 radical (unpaired) electrons. The number of unbranched alkanes of at least 4 members (excludes halogenated alkanes) is 1. The summed E-state index contributed by atoms with van der Waals surface area (Å²) in [5.74, 6) is 0.760. The van der Waals surface area contributed by atoms with Crippen molar-refractivity contribution < 1.29 is 0 Å². The lowest BCUT2D eigenvalue weighted by molar-refractivity contribution is 0.314. The fourth-order valence-corrected chi connectivity index (χ4v) is 3.71. The van der Waals surface area contributed by atoms with Crippen molar-refractivity contribution in [2.75, 3.05) is 6.54 Å². The van der Waals surface area contributed by atoms with Crippen molar-refractivity contribution in [3.05, 3.63) is 23.5 Å². The molecule has 1 N–H and O–H groups in total. The maximum absolute atomic E-state index is 4.76. The molecular formula is C17H29N3S. The second-order valence-electron chi connectivity index (χ2n) is 5.90. The largest absolute Gasteiger partial charge is 0.313 e. The first kappa shape index (κ1) is 16.5. The first-order valence-electron chi connectivity index (χ1n) is 8.42. The summed E-state index contributed by atoms with van der Waals surface area (Å²) >= 11 is 1.71. The Morgan fingerprint density at radius 2 is 2.14 bits per heavy atom. The van der Waals surface area contributed by atoms with Gasteiger partial charge in [-0.15, -0.1) is 11.3 Å². The van der Waals surface area contributed by atoms with Crippen LogP contribution in [0.15, 0.2) is 17.8 Å². The van der Waals surface area contributed by atoms with E-state index in [0.717, 1.165) is 23.8 Å². The highest BCUT2D eigenvalue weighted by molar-refractivity contribution is 7.15. The summed E-state index contributed by atoms with van der Waals surface area (Å²) in [5, 5.41) is 5.86. The molecule has 0 saturated carbocycles. The van der Waals surface area contributed by atoms with Gasteiger partial charge in [0.25, 0.3) is 0 Å². The van der Waals surface area contributed by atoms with Crippen LogP contribution in [0.3, 0.4) is 0 Å². The third kappa shape index (κ3) is 4.55. The lowest BCUT2D eigenvalue weighted by atomic mass is 9.88. The van der Waals surface area contributed by atoms with Crippen LogP contribution in [0.2, 0.25) is 0 Å². The number of nitrogens with zero attached hydrogens (tertiary/aromatic N) is 2. The summed E-state index contributed by atoms with van der Waals surface area (Å²) in [7, 11) is 0. The van der Waals surface area contributed by atoms with Crippen LogP contribution in [-0.2, 0) is 6.42 Å². The number of thiazole rings is 1. The van der Waals surface area contributed by atoms with E-state index in [0.29, 0.717) is 6.04 Å². The van der Waals surface area contributed by atoms with Crippen molar-refractivity contribution in [1.29, 1.82) is 0 Å². The molecule has 2 aromatic rings. The Morgan fingerprint density at radius 3 is 2.81 bits per heavy atom. The molecule has 2 rings (SSSR count). The van der Waals surface area contributed by atoms with Crippen LogP contribution in [0, 0.1) is 5.92 Å². The van der Waals surface area contributed by atoms with E-state index >= 15 is 0 Å². The Kier molecular flexibility index (Phi) is 6.71. The molecule has 4 heteroatoms. The molecule has 0 fully saturated rings. The average molecular weight is 308 g/mol. The van der Waals surface area contributed by atoms with Crippen molar-refractivity contribution in [3.63, 3.8) is 0 Å². The lowest BCUT2D eigenvalue weighted by Gasteiger charge is -2.27. The third-order valence-corrected chi connectivity index (χ3v) is 5.02. The number of nitrogens with one attached hydrogen (secondary N) is 1. The normalized spacial score (nSPS) is 14.6. The zero-order valence-electron chi connectivity index (χ0n) is 13.6. The van der Waals surface area contributed by atoms with E-state index in [1.807, 2.05) is 0 Å². The van der Waals surface area contributed by atoms with E-state index in [9.17, 15) is 0 Å². The summed E-state index contributed by atoms with van der Waals surface area (Å²) in [6.45, 7) is 7.95. The number of rotatable bonds is 10. The van der Waals surface area contributed by atoms with Gasteiger partial charge in [-0.05, 0) is 25.3 Å². The standard InChI is InChI=1S/C17H29N3S/c1-4-7-8-14(6-3)16(18-9-5-2)12-15-13-20-10-11-21-17(20)19-15/h10-11,13-14,16,18H,4-9,12H2,1-3H3. The molecule has 0 spiro atoms. The smallest absolute Gasteiger partial charge is 0.193 e. The Morgan fingerprint density at radius 1 is 1.29 bits per heavy atom. The fraction of sp³-hybridized carbons (Fsp3) is 0.706. The molecule has 2 atom stereocenters. The van der Waals surface area contributed by atoms with Crippen molar-refractivity contribution in [1.82, 2.24) is 14.7 Å². The summed E-state index contributed by atoms with van der Waals surface area (Å²) < 4.78 is 2.14. The van der Waals surface area contributed by atoms with Crippen LogP contribution < -0.4 is 5.32 Å². The summed E-state index contributed by atoms with van der Waals surface area (Å²) in [5.41, 5.74) is 1.23. The molecule has 0 aliphatic heterocycles. The molecular weight excluding hydrogens is 278 g/mol. The SMILES string of the molecule is CCCCC(CC)C(Cc1cn2ccsc2n1)NCCC. The summed E-state index contributed by atoms with van der Waals surface area (Å²) in [4.78, 5) is 5.87. The molecule has 0 bridgehead atoms. The summed E-state index contributed by atoms with van der Waals surface area (Å²) in [6, 6.07) is 0.561. The van der Waals surface area contributed by atoms with Gasteiger partial charge in [-0.1, -0.05) is 40.0 Å². The lowest BCUT2D eigenvalue weighted by Crippen LogP contribution is -2.38. The Labute approximate surface area is 132 Å². The van der Waals surface area contributed by atoms with Crippen molar-refractivity contribution in [3.8, 4) is 0 Å². The molecule has 0 aliphatic rings. The molecule has 2 unspecified atom stereocenters. The second-order valence-corrected chi connectivity index (χ2v) is 6.77. The highest BCUT2D eigenvalue weighted by atomic mass is 32.1. The zero-order chi connectivity index (χ0) is 15.1. The van der Waals surface area contributed by atoms with Gasteiger partial charge in [0.05, 0.1) is 5.69 Å². The van der Waals surface area contributed by atoms with Gasteiger partial charge in [-0.25, -0.2) is 4.98 Å². The molecule has 2 heterocycles. The average Bonchev–Trinajstić information content (AvgIpc) is 3.06. The fourth-order valence-electron chi connectivity index (χ4n) is 2.99. The van der Waals surface area contributed by atoms with Gasteiger partial charge >= 0.3 is 0 Å². The minimum Gasteiger partial charge on any atom is -0.313 e. The molecule has 3 nitrogen and oxygen atoms in total. The number of aromatic nitrogens is 2. The zero-order valence-corrected chi connectivity index (χ0v) is 14.5. The molecule has 21 heavy (non-hydrogen) atoms. The number of hydrogen-bond donors (Lipinski definition) is 1. The number of hydrogen-bond acceptors (Lipinski definition) is 3. The minimum absolute atomic E-state index is 0.561. The van der Waals surface area contributed by atoms with Gasteiger partial charge in [0, 0.05) is 30.2 Å². The van der Waals surface area contributed by atoms with Crippen LogP contribution in [0.25, 0.3) is 4.96 Å². The van der Waals surface area contributed by atoms with Gasteiger partial charge < -0.3 is 5.32 Å². The summed E-state index contributed by atoms with van der Waals surface area (Å²) in [6.07, 6.45) is 11.7. The monoisotopic (exact) mass is 307 g/mol. The molecule has 2 aromatic heterocycles. The molecule has 0 saturated heterocycles. The topological polar surface area (TPSA) is 29.3 Å². The minimum atomic E-state index is 0.561. The maximum Gasteiger partial charge on any atom is 0.193 e. The number of imidazole rings is 1. The van der Waals surface area contributed by atoms with Crippen molar-refractivity contribution in [2.24, 2.45) is 5.92 Å². The second kappa shape index (κ2) is 8.54. The Bertz CT molecular complexity index is 488. The van der Waals surface area contributed by atoms with E-state index < -0.39 is 0 Å². The van der Waals surface area contributed by atoms with E-state index in [-0.39, 0.29) is 0 Å². The van der Waals surface area contributed by atoms with Crippen LogP contribution in [0.5, 0.6) is 0 Å². The maximum atomic E-state index is 4.76. The Balaban J connectivity index is 2.04. The quantitative estimate of drug-likeness (QED) is 0.699. The highest BCUT2D eigenvalue weighted by Crippen LogP contribution is 2.21. The third-order valence-electron chi connectivity index (χ3n) is 4.25. The van der Waals surface area contributed by atoms with Gasteiger partial charge in [-0.2, -0.15) is 0 Å². The van der Waals surface area contributed by atoms with E-state index in [4.69, 9.17) is 4.98 Å². The van der Waals surface area contributed by atoms with Crippen LogP contribution in [0.1, 0.15) is 58.6 Å². The highest BCUT2D eigenvalue weighted by Gasteiger charge is 2.20. The van der Waals surface area contributed by atoms with E-state index in [1.165, 1.54) is 37.8 Å². The molecule has 0 aliphatic carbocycles. The first-order valence-corrected chi connectivity index (χ1v) is 9.30. The van der Waals surface area contributed by atoms with Gasteiger partial charge in [-0.3, -0.25) is 4.40 Å². The van der Waals surface area contributed by atoms with Gasteiger partial charge in [0.1, 0.15) is 0 Å². The molecule has 118 valence electrons. The van der Waals surface area contributed by atoms with Crippen LogP contribution in [-0.4, -0.2) is 22.0 Å². The predicted molar refractivity (Wildman–Crippen MR) is 92.2 cm³/mol. The molecule has 0 amide bonds. The van der Waals surface area contributed by atoms with E-state index in [2.05, 4.69) is 48.3 Å². The van der Waals surface area contributed by atoms with Crippen molar-refractivity contribution >= 4 is 16.3 Å². The predicted octanol–water partition coefficient (Wildman–Crippen LogP) is 4.52. The first-order chi connectivity index (χ1) is 10.3. The van der Waals surface area contributed by atoms with Crippen LogP contribution >= 0.6 is 11.3 Å².